The van der Waals surface area contributed by atoms with Gasteiger partial charge in [-0.3, -0.25) is 0 Å². The van der Waals surface area contributed by atoms with E-state index in [0.29, 0.717) is 0 Å². The molecular formula is C15H22OPS2+. The summed E-state index contributed by atoms with van der Waals surface area (Å²) in [7, 11) is 0.0382. The third kappa shape index (κ3) is 4.39. The Balaban J connectivity index is 3.13. The third-order valence-electron chi connectivity index (χ3n) is 3.27. The molecule has 0 aliphatic heterocycles. The largest absolute Gasteiger partial charge is 0.323 e. The first-order valence-electron chi connectivity index (χ1n) is 6.85. The fourth-order valence-corrected chi connectivity index (χ4v) is 3.67. The molecule has 0 aliphatic carbocycles. The van der Waals surface area contributed by atoms with E-state index in [-0.39, 0.29) is 7.58 Å². The van der Waals surface area contributed by atoms with Crippen molar-refractivity contribution in [3.63, 3.8) is 0 Å². The molecule has 0 aromatic heterocycles. The molecule has 19 heavy (non-hydrogen) atoms. The molecule has 0 bridgehead atoms. The van der Waals surface area contributed by atoms with Gasteiger partial charge >= 0.3 is 7.58 Å². The monoisotopic (exact) mass is 313 g/mol. The zero-order valence-corrected chi connectivity index (χ0v) is 14.3. The predicted molar refractivity (Wildman–Crippen MR) is 91.9 cm³/mol. The number of rotatable bonds is 9. The lowest BCUT2D eigenvalue weighted by Gasteiger charge is -2.29. The van der Waals surface area contributed by atoms with Crippen LogP contribution in [0, 0.1) is 0 Å². The molecule has 1 aromatic carbocycles. The summed E-state index contributed by atoms with van der Waals surface area (Å²) >= 11 is 10.8. The van der Waals surface area contributed by atoms with Crippen LogP contribution in [-0.2, 0) is 21.9 Å². The summed E-state index contributed by atoms with van der Waals surface area (Å²) in [6.45, 7) is 4.35. The number of benzene rings is 1. The van der Waals surface area contributed by atoms with Gasteiger partial charge in [-0.1, -0.05) is 69.2 Å². The molecular weight excluding hydrogens is 291 g/mol. The second-order valence-electron chi connectivity index (χ2n) is 4.66. The van der Waals surface area contributed by atoms with Gasteiger partial charge in [0.05, 0.1) is 0 Å². The van der Waals surface area contributed by atoms with Gasteiger partial charge in [0.1, 0.15) is 0 Å². The molecule has 4 heteroatoms. The number of hydrogen-bond donors (Lipinski definition) is 0. The van der Waals surface area contributed by atoms with Crippen molar-refractivity contribution >= 4 is 36.5 Å². The Bertz CT molecular complexity index is 408. The Labute approximate surface area is 128 Å². The fourth-order valence-electron chi connectivity index (χ4n) is 2.28. The van der Waals surface area contributed by atoms with E-state index in [9.17, 15) is 0 Å². The first kappa shape index (κ1) is 16.8. The van der Waals surface area contributed by atoms with Crippen molar-refractivity contribution < 1.29 is 4.52 Å². The minimum Gasteiger partial charge on any atom is -0.153 e. The molecule has 0 saturated carbocycles. The normalized spacial score (nSPS) is 14.2. The lowest BCUT2D eigenvalue weighted by molar-refractivity contribution is 0.160. The first-order valence-corrected chi connectivity index (χ1v) is 9.30. The number of unbranched alkanes of at least 4 members (excludes halogenated alkanes) is 1. The smallest absolute Gasteiger partial charge is 0.153 e. The van der Waals surface area contributed by atoms with Gasteiger partial charge in [-0.15, -0.1) is 0 Å². The van der Waals surface area contributed by atoms with Crippen molar-refractivity contribution in [3.05, 3.63) is 35.9 Å². The van der Waals surface area contributed by atoms with E-state index >= 15 is 0 Å². The van der Waals surface area contributed by atoms with Crippen LogP contribution in [-0.4, -0.2) is 4.86 Å². The van der Waals surface area contributed by atoms with Gasteiger partial charge in [-0.25, -0.2) is 0 Å². The standard InChI is InChI=1S/C15H21OPS2/c1-3-5-11-14(18)15(12-4-2,16-17-19)13-9-7-6-8-10-13/h6-10H,3-5,11-12H2,1-2H3/p+1. The molecule has 1 nitrogen and oxygen atoms in total. The van der Waals surface area contributed by atoms with Crippen molar-refractivity contribution in [1.82, 2.24) is 0 Å². The highest BCUT2D eigenvalue weighted by molar-refractivity contribution is 7.94. The van der Waals surface area contributed by atoms with Crippen molar-refractivity contribution in [2.24, 2.45) is 0 Å². The molecule has 0 radical (unpaired) electrons. The van der Waals surface area contributed by atoms with Gasteiger partial charge in [-0.2, -0.15) is 4.52 Å². The minimum absolute atomic E-state index is 0.0382. The van der Waals surface area contributed by atoms with Gasteiger partial charge in [0.2, 0.25) is 0 Å². The third-order valence-corrected chi connectivity index (χ3v) is 4.48. The average molecular weight is 313 g/mol. The molecule has 2 atom stereocenters. The highest BCUT2D eigenvalue weighted by Crippen LogP contribution is 2.37. The maximum absolute atomic E-state index is 6.02. The van der Waals surface area contributed by atoms with Gasteiger partial charge in [0.25, 0.3) is 0 Å². The summed E-state index contributed by atoms with van der Waals surface area (Å²) in [6.07, 6.45) is 5.12. The van der Waals surface area contributed by atoms with E-state index in [1.165, 1.54) is 0 Å². The average Bonchev–Trinajstić information content (AvgIpc) is 2.45. The minimum atomic E-state index is -0.458. The topological polar surface area (TPSA) is 9.23 Å². The number of hydrogen-bond acceptors (Lipinski definition) is 3. The Morgan fingerprint density at radius 2 is 1.89 bits per heavy atom. The molecule has 1 rings (SSSR count). The van der Waals surface area contributed by atoms with E-state index in [1.54, 1.807) is 0 Å². The lowest BCUT2D eigenvalue weighted by Crippen LogP contribution is -2.35. The molecule has 2 unspecified atom stereocenters. The summed E-state index contributed by atoms with van der Waals surface area (Å²) in [5.74, 6) is 0. The van der Waals surface area contributed by atoms with Crippen LogP contribution >= 0.6 is 19.8 Å². The van der Waals surface area contributed by atoms with Gasteiger partial charge in [-0.05, 0) is 24.8 Å². The zero-order valence-electron chi connectivity index (χ0n) is 11.6. The van der Waals surface area contributed by atoms with E-state index in [0.717, 1.165) is 42.5 Å². The lowest BCUT2D eigenvalue weighted by atomic mass is 9.84. The Hall–Kier alpha value is -0.210. The number of thiocarbonyl (C=S) groups is 1. The fraction of sp³-hybridized carbons (Fsp3) is 0.533. The van der Waals surface area contributed by atoms with Crippen LogP contribution in [0.4, 0.5) is 0 Å². The Morgan fingerprint density at radius 3 is 2.42 bits per heavy atom. The molecule has 1 aromatic rings. The second-order valence-corrected chi connectivity index (χ2v) is 6.02. The summed E-state index contributed by atoms with van der Waals surface area (Å²) in [5, 5.41) is 0. The maximum atomic E-state index is 6.02. The summed E-state index contributed by atoms with van der Waals surface area (Å²) in [4.78, 5) is 1.000. The zero-order chi connectivity index (χ0) is 14.1. The highest BCUT2D eigenvalue weighted by atomic mass is 32.4. The van der Waals surface area contributed by atoms with Gasteiger partial charge in [0, 0.05) is 4.86 Å². The maximum Gasteiger partial charge on any atom is 0.323 e. The first-order chi connectivity index (χ1) is 9.21. The van der Waals surface area contributed by atoms with Crippen molar-refractivity contribution in [2.75, 3.05) is 0 Å². The molecule has 0 heterocycles. The van der Waals surface area contributed by atoms with Gasteiger partial charge in [0.15, 0.2) is 17.4 Å². The van der Waals surface area contributed by atoms with E-state index in [2.05, 4.69) is 26.0 Å². The molecule has 0 spiro atoms. The van der Waals surface area contributed by atoms with Crippen LogP contribution in [0.1, 0.15) is 51.5 Å². The Kier molecular flexibility index (Phi) is 7.86. The molecule has 0 N–H and O–H groups in total. The summed E-state index contributed by atoms with van der Waals surface area (Å²) in [6, 6.07) is 10.3. The van der Waals surface area contributed by atoms with Crippen LogP contribution in [0.5, 0.6) is 0 Å². The SMILES string of the molecule is CCCCC(=S)C(CCC)(O[PH+]=S)c1ccccc1. The van der Waals surface area contributed by atoms with Crippen LogP contribution in [0.25, 0.3) is 0 Å². The van der Waals surface area contributed by atoms with Crippen LogP contribution in [0.3, 0.4) is 0 Å². The quantitative estimate of drug-likeness (QED) is 0.451. The molecule has 0 fully saturated rings. The van der Waals surface area contributed by atoms with E-state index in [1.807, 2.05) is 18.2 Å². The van der Waals surface area contributed by atoms with Crippen LogP contribution in [0.2, 0.25) is 0 Å². The van der Waals surface area contributed by atoms with Crippen molar-refractivity contribution in [3.8, 4) is 0 Å². The van der Waals surface area contributed by atoms with Crippen LogP contribution < -0.4 is 0 Å². The molecule has 0 amide bonds. The summed E-state index contributed by atoms with van der Waals surface area (Å²) in [5.41, 5.74) is 0.691. The molecule has 0 saturated heterocycles. The van der Waals surface area contributed by atoms with Crippen molar-refractivity contribution in [2.45, 2.75) is 51.6 Å². The van der Waals surface area contributed by atoms with Crippen molar-refractivity contribution in [1.29, 1.82) is 0 Å². The van der Waals surface area contributed by atoms with E-state index < -0.39 is 5.60 Å². The van der Waals surface area contributed by atoms with Crippen LogP contribution in [0.15, 0.2) is 30.3 Å². The second kappa shape index (κ2) is 8.86. The molecule has 104 valence electrons. The molecule has 0 aliphatic rings. The van der Waals surface area contributed by atoms with E-state index in [4.69, 9.17) is 28.5 Å². The summed E-state index contributed by atoms with van der Waals surface area (Å²) < 4.78 is 6.02. The Morgan fingerprint density at radius 1 is 1.21 bits per heavy atom. The highest BCUT2D eigenvalue weighted by Gasteiger charge is 2.40. The van der Waals surface area contributed by atoms with Gasteiger partial charge < -0.3 is 0 Å². The predicted octanol–water partition coefficient (Wildman–Crippen LogP) is 5.31.